The van der Waals surface area contributed by atoms with Crippen molar-refractivity contribution in [2.75, 3.05) is 6.54 Å². The standard InChI is InChI=1S/C20H25NO/c22-19(7-6-15-4-2-1-3-5-15)21-14-20-11-16-8-17(12-20)10-18(9-16)13-20/h1-7,16-18H,8-14H2,(H,21,22)/b7-6+. The number of rotatable bonds is 4. The molecule has 2 nitrogen and oxygen atoms in total. The van der Waals surface area contributed by atoms with Crippen LogP contribution < -0.4 is 5.32 Å². The number of amides is 1. The Bertz CT molecular complexity index is 539. The van der Waals surface area contributed by atoms with E-state index in [1.54, 1.807) is 6.08 Å². The number of carbonyl (C=O) groups excluding carboxylic acids is 1. The molecule has 0 atom stereocenters. The maximum atomic E-state index is 12.1. The van der Waals surface area contributed by atoms with Crippen molar-refractivity contribution in [2.24, 2.45) is 23.2 Å². The van der Waals surface area contributed by atoms with Crippen molar-refractivity contribution in [1.29, 1.82) is 0 Å². The molecule has 4 fully saturated rings. The van der Waals surface area contributed by atoms with Gasteiger partial charge in [0.2, 0.25) is 5.91 Å². The van der Waals surface area contributed by atoms with Gasteiger partial charge >= 0.3 is 0 Å². The number of nitrogens with one attached hydrogen (secondary N) is 1. The third-order valence-electron chi connectivity index (χ3n) is 6.03. The summed E-state index contributed by atoms with van der Waals surface area (Å²) in [4.78, 5) is 12.1. The Morgan fingerprint density at radius 1 is 1.05 bits per heavy atom. The van der Waals surface area contributed by atoms with Crippen LogP contribution in [0, 0.1) is 23.2 Å². The SMILES string of the molecule is O=C(/C=C/c1ccccc1)NCC12CC3CC(CC(C3)C1)C2. The monoisotopic (exact) mass is 295 g/mol. The van der Waals surface area contributed by atoms with Gasteiger partial charge in [-0.3, -0.25) is 4.79 Å². The zero-order chi connectivity index (χ0) is 15.0. The predicted molar refractivity (Wildman–Crippen MR) is 89.1 cm³/mol. The van der Waals surface area contributed by atoms with Crippen LogP contribution in [0.5, 0.6) is 0 Å². The summed E-state index contributed by atoms with van der Waals surface area (Å²) in [5, 5.41) is 3.18. The van der Waals surface area contributed by atoms with E-state index in [1.165, 1.54) is 38.5 Å². The summed E-state index contributed by atoms with van der Waals surface area (Å²) in [6, 6.07) is 10.0. The molecule has 1 aromatic carbocycles. The molecule has 1 N–H and O–H groups in total. The zero-order valence-corrected chi connectivity index (χ0v) is 13.1. The fraction of sp³-hybridized carbons (Fsp3) is 0.550. The van der Waals surface area contributed by atoms with Crippen molar-refractivity contribution in [3.63, 3.8) is 0 Å². The lowest BCUT2D eigenvalue weighted by Crippen LogP contribution is -2.51. The van der Waals surface area contributed by atoms with Gasteiger partial charge in [-0.1, -0.05) is 30.3 Å². The molecule has 2 heteroatoms. The average molecular weight is 295 g/mol. The molecule has 4 aliphatic rings. The van der Waals surface area contributed by atoms with E-state index in [0.29, 0.717) is 5.41 Å². The topological polar surface area (TPSA) is 29.1 Å². The highest BCUT2D eigenvalue weighted by Crippen LogP contribution is 2.59. The molecule has 0 aliphatic heterocycles. The second-order valence-corrected chi connectivity index (χ2v) is 7.88. The Morgan fingerprint density at radius 2 is 1.64 bits per heavy atom. The largest absolute Gasteiger partial charge is 0.352 e. The minimum atomic E-state index is 0.0552. The van der Waals surface area contributed by atoms with Crippen molar-refractivity contribution < 1.29 is 4.79 Å². The number of benzene rings is 1. The number of hydrogen-bond acceptors (Lipinski definition) is 1. The van der Waals surface area contributed by atoms with Crippen LogP contribution in [-0.2, 0) is 4.79 Å². The highest BCUT2D eigenvalue weighted by Gasteiger charge is 2.50. The lowest BCUT2D eigenvalue weighted by molar-refractivity contribution is -0.118. The second-order valence-electron chi connectivity index (χ2n) is 7.88. The van der Waals surface area contributed by atoms with Gasteiger partial charge in [0.15, 0.2) is 0 Å². The van der Waals surface area contributed by atoms with Crippen LogP contribution >= 0.6 is 0 Å². The first-order valence-electron chi connectivity index (χ1n) is 8.72. The summed E-state index contributed by atoms with van der Waals surface area (Å²) in [6.07, 6.45) is 12.0. The fourth-order valence-electron chi connectivity index (χ4n) is 5.58. The minimum Gasteiger partial charge on any atom is -0.352 e. The van der Waals surface area contributed by atoms with E-state index in [0.717, 1.165) is 29.9 Å². The van der Waals surface area contributed by atoms with Crippen molar-refractivity contribution in [1.82, 2.24) is 5.32 Å². The van der Waals surface area contributed by atoms with Crippen molar-refractivity contribution in [3.05, 3.63) is 42.0 Å². The highest BCUT2D eigenvalue weighted by molar-refractivity contribution is 5.91. The van der Waals surface area contributed by atoms with Gasteiger partial charge in [-0.05, 0) is 73.3 Å². The lowest BCUT2D eigenvalue weighted by atomic mass is 9.49. The molecule has 4 aliphatic carbocycles. The van der Waals surface area contributed by atoms with Gasteiger partial charge < -0.3 is 5.32 Å². The minimum absolute atomic E-state index is 0.0552. The van der Waals surface area contributed by atoms with E-state index < -0.39 is 0 Å². The highest BCUT2D eigenvalue weighted by atomic mass is 16.1. The van der Waals surface area contributed by atoms with Crippen LogP contribution in [0.25, 0.3) is 6.08 Å². The van der Waals surface area contributed by atoms with Gasteiger partial charge in [0, 0.05) is 12.6 Å². The smallest absolute Gasteiger partial charge is 0.244 e. The average Bonchev–Trinajstić information content (AvgIpc) is 2.51. The molecule has 4 saturated carbocycles. The molecule has 116 valence electrons. The van der Waals surface area contributed by atoms with Gasteiger partial charge in [0.25, 0.3) is 0 Å². The second kappa shape index (κ2) is 5.57. The van der Waals surface area contributed by atoms with Crippen LogP contribution in [0.15, 0.2) is 36.4 Å². The first-order chi connectivity index (χ1) is 10.7. The fourth-order valence-corrected chi connectivity index (χ4v) is 5.58. The van der Waals surface area contributed by atoms with Crippen molar-refractivity contribution in [3.8, 4) is 0 Å². The van der Waals surface area contributed by atoms with Gasteiger partial charge in [0.05, 0.1) is 0 Å². The summed E-state index contributed by atoms with van der Waals surface area (Å²) in [7, 11) is 0. The van der Waals surface area contributed by atoms with Gasteiger partial charge in [-0.25, -0.2) is 0 Å². The Morgan fingerprint density at radius 3 is 2.23 bits per heavy atom. The third kappa shape index (κ3) is 2.84. The van der Waals surface area contributed by atoms with E-state index in [4.69, 9.17) is 0 Å². The maximum absolute atomic E-state index is 12.1. The molecule has 0 aromatic heterocycles. The van der Waals surface area contributed by atoms with E-state index in [2.05, 4.69) is 5.32 Å². The molecule has 0 heterocycles. The number of hydrogen-bond donors (Lipinski definition) is 1. The Hall–Kier alpha value is -1.57. The van der Waals surface area contributed by atoms with E-state index in [9.17, 15) is 4.79 Å². The molecule has 4 bridgehead atoms. The quantitative estimate of drug-likeness (QED) is 0.835. The molecule has 22 heavy (non-hydrogen) atoms. The Kier molecular flexibility index (Phi) is 3.56. The molecule has 0 saturated heterocycles. The summed E-state index contributed by atoms with van der Waals surface area (Å²) in [5.41, 5.74) is 1.50. The van der Waals surface area contributed by atoms with E-state index in [1.807, 2.05) is 36.4 Å². The lowest BCUT2D eigenvalue weighted by Gasteiger charge is -2.56. The molecule has 0 unspecified atom stereocenters. The molecule has 1 amide bonds. The molecular weight excluding hydrogens is 270 g/mol. The maximum Gasteiger partial charge on any atom is 0.244 e. The molecule has 0 radical (unpaired) electrons. The Balaban J connectivity index is 1.35. The number of carbonyl (C=O) groups is 1. The van der Waals surface area contributed by atoms with Crippen molar-refractivity contribution >= 4 is 12.0 Å². The first kappa shape index (κ1) is 14.0. The van der Waals surface area contributed by atoms with Crippen LogP contribution in [0.1, 0.15) is 44.1 Å². The van der Waals surface area contributed by atoms with Crippen LogP contribution in [0.4, 0.5) is 0 Å². The van der Waals surface area contributed by atoms with Crippen LogP contribution in [0.3, 0.4) is 0 Å². The predicted octanol–water partition coefficient (Wildman–Crippen LogP) is 4.03. The normalized spacial score (nSPS) is 35.9. The van der Waals surface area contributed by atoms with Crippen LogP contribution in [-0.4, -0.2) is 12.5 Å². The summed E-state index contributed by atoms with van der Waals surface area (Å²) < 4.78 is 0. The third-order valence-corrected chi connectivity index (χ3v) is 6.03. The molecular formula is C20H25NO. The molecule has 1 aromatic rings. The molecule has 5 rings (SSSR count). The summed E-state index contributed by atoms with van der Waals surface area (Å²) >= 11 is 0. The molecule has 0 spiro atoms. The van der Waals surface area contributed by atoms with Gasteiger partial charge in [0.1, 0.15) is 0 Å². The van der Waals surface area contributed by atoms with Crippen LogP contribution in [0.2, 0.25) is 0 Å². The van der Waals surface area contributed by atoms with Crippen molar-refractivity contribution in [2.45, 2.75) is 38.5 Å². The van der Waals surface area contributed by atoms with E-state index in [-0.39, 0.29) is 5.91 Å². The summed E-state index contributed by atoms with van der Waals surface area (Å²) in [6.45, 7) is 0.883. The summed E-state index contributed by atoms with van der Waals surface area (Å²) in [5.74, 6) is 2.90. The zero-order valence-electron chi connectivity index (χ0n) is 13.1. The first-order valence-corrected chi connectivity index (χ1v) is 8.72. The Labute approximate surface area is 133 Å². The van der Waals surface area contributed by atoms with E-state index >= 15 is 0 Å². The van der Waals surface area contributed by atoms with Gasteiger partial charge in [-0.2, -0.15) is 0 Å². The van der Waals surface area contributed by atoms with Gasteiger partial charge in [-0.15, -0.1) is 0 Å².